The first-order chi connectivity index (χ1) is 16.0. The van der Waals surface area contributed by atoms with E-state index in [9.17, 15) is 19.2 Å². The Morgan fingerprint density at radius 2 is 1.67 bits per heavy atom. The maximum absolute atomic E-state index is 13.1. The summed E-state index contributed by atoms with van der Waals surface area (Å²) in [6, 6.07) is 12.4. The number of fused-ring (bicyclic) bond motifs is 1. The molecule has 3 N–H and O–H groups in total. The van der Waals surface area contributed by atoms with Crippen molar-refractivity contribution in [2.24, 2.45) is 0 Å². The monoisotopic (exact) mass is 450 g/mol. The molecule has 2 aliphatic heterocycles. The molecule has 33 heavy (non-hydrogen) atoms. The Labute approximate surface area is 193 Å². The Balaban J connectivity index is 0.00000149. The average Bonchev–Trinajstić information content (AvgIpc) is 3.07. The second-order valence-electron chi connectivity index (χ2n) is 7.70. The van der Waals surface area contributed by atoms with E-state index in [-0.39, 0.29) is 29.9 Å². The van der Waals surface area contributed by atoms with Crippen LogP contribution >= 0.6 is 0 Å². The van der Waals surface area contributed by atoms with Crippen LogP contribution in [0.1, 0.15) is 58.5 Å². The van der Waals surface area contributed by atoms with Gasteiger partial charge in [-0.1, -0.05) is 44.2 Å². The summed E-state index contributed by atoms with van der Waals surface area (Å²) in [5, 5.41) is 8.58. The van der Waals surface area contributed by atoms with E-state index >= 15 is 0 Å². The number of amides is 4. The fourth-order valence-corrected chi connectivity index (χ4v) is 4.03. The molecule has 4 rings (SSSR count). The van der Waals surface area contributed by atoms with Crippen LogP contribution in [0.2, 0.25) is 0 Å². The van der Waals surface area contributed by atoms with Crippen molar-refractivity contribution in [3.63, 3.8) is 0 Å². The lowest BCUT2D eigenvalue weighted by molar-refractivity contribution is -0.136. The van der Waals surface area contributed by atoms with Crippen LogP contribution < -0.4 is 16.0 Å². The van der Waals surface area contributed by atoms with Gasteiger partial charge < -0.3 is 10.6 Å². The molecule has 4 amide bonds. The van der Waals surface area contributed by atoms with E-state index in [0.29, 0.717) is 12.2 Å². The number of hydrogen-bond donors (Lipinski definition) is 3. The molecule has 8 heteroatoms. The lowest BCUT2D eigenvalue weighted by Gasteiger charge is -2.27. The van der Waals surface area contributed by atoms with Gasteiger partial charge in [-0.15, -0.1) is 0 Å². The molecule has 2 aromatic carbocycles. The summed E-state index contributed by atoms with van der Waals surface area (Å²) in [6.45, 7) is 5.40. The van der Waals surface area contributed by atoms with Gasteiger partial charge in [0, 0.05) is 25.2 Å². The molecule has 0 aliphatic carbocycles. The van der Waals surface area contributed by atoms with Gasteiger partial charge in [-0.05, 0) is 43.1 Å². The minimum absolute atomic E-state index is 0.0992. The van der Waals surface area contributed by atoms with Gasteiger partial charge in [0.25, 0.3) is 11.8 Å². The molecule has 1 atom stereocenters. The van der Waals surface area contributed by atoms with Crippen molar-refractivity contribution in [1.82, 2.24) is 15.5 Å². The number of piperidine rings is 1. The van der Waals surface area contributed by atoms with Crippen LogP contribution in [-0.4, -0.2) is 48.2 Å². The SMILES string of the molecule is CC.CNCc1ccc(CCNc2cccc3c2C(=O)N(C2CCC(=O)NC2=O)C3=O)cc1. The summed E-state index contributed by atoms with van der Waals surface area (Å²) in [7, 11) is 1.91. The maximum atomic E-state index is 13.1. The van der Waals surface area contributed by atoms with Crippen molar-refractivity contribution in [1.29, 1.82) is 0 Å². The van der Waals surface area contributed by atoms with E-state index in [2.05, 4.69) is 40.2 Å². The minimum Gasteiger partial charge on any atom is -0.384 e. The number of benzene rings is 2. The van der Waals surface area contributed by atoms with E-state index in [1.54, 1.807) is 18.2 Å². The Bertz CT molecular complexity index is 1050. The highest BCUT2D eigenvalue weighted by Gasteiger charge is 2.45. The third-order valence-electron chi connectivity index (χ3n) is 5.60. The van der Waals surface area contributed by atoms with Crippen molar-refractivity contribution >= 4 is 29.3 Å². The standard InChI is InChI=1S/C23H24N4O4.C2H6/c1-24-13-15-7-5-14(6-8-15)11-12-25-17-4-2-3-16-20(17)23(31)27(22(16)30)18-9-10-19(28)26-21(18)29;1-2/h2-8,18,24-25H,9-13H2,1H3,(H,26,28,29);1-2H3. The summed E-state index contributed by atoms with van der Waals surface area (Å²) < 4.78 is 0. The van der Waals surface area contributed by atoms with Crippen LogP contribution in [0.4, 0.5) is 5.69 Å². The molecule has 2 aliphatic rings. The van der Waals surface area contributed by atoms with Crippen LogP contribution in [0, 0.1) is 0 Å². The number of rotatable bonds is 7. The number of hydrogen-bond acceptors (Lipinski definition) is 6. The molecule has 1 unspecified atom stereocenters. The molecule has 0 bridgehead atoms. The zero-order valence-corrected chi connectivity index (χ0v) is 19.2. The lowest BCUT2D eigenvalue weighted by atomic mass is 10.0. The predicted octanol–water partition coefficient (Wildman–Crippen LogP) is 2.49. The molecule has 2 aromatic rings. The minimum atomic E-state index is -0.964. The normalized spacial score (nSPS) is 17.3. The van der Waals surface area contributed by atoms with Crippen LogP contribution in [0.5, 0.6) is 0 Å². The summed E-state index contributed by atoms with van der Waals surface area (Å²) in [5.41, 5.74) is 3.49. The van der Waals surface area contributed by atoms with Crippen molar-refractivity contribution in [3.05, 3.63) is 64.7 Å². The van der Waals surface area contributed by atoms with Crippen LogP contribution in [-0.2, 0) is 22.6 Å². The van der Waals surface area contributed by atoms with E-state index < -0.39 is 23.8 Å². The fourth-order valence-electron chi connectivity index (χ4n) is 4.03. The summed E-state index contributed by atoms with van der Waals surface area (Å²) in [5.74, 6) is -2.01. The van der Waals surface area contributed by atoms with E-state index in [0.717, 1.165) is 23.4 Å². The van der Waals surface area contributed by atoms with Gasteiger partial charge in [0.2, 0.25) is 11.8 Å². The second-order valence-corrected chi connectivity index (χ2v) is 7.70. The largest absolute Gasteiger partial charge is 0.384 e. The first-order valence-electron chi connectivity index (χ1n) is 11.3. The maximum Gasteiger partial charge on any atom is 0.264 e. The van der Waals surface area contributed by atoms with Gasteiger partial charge in [0.15, 0.2) is 0 Å². The van der Waals surface area contributed by atoms with Gasteiger partial charge in [-0.3, -0.25) is 29.4 Å². The molecule has 0 spiro atoms. The van der Waals surface area contributed by atoms with Gasteiger partial charge in [-0.2, -0.15) is 0 Å². The third-order valence-corrected chi connectivity index (χ3v) is 5.60. The number of carbonyl (C=O) groups is 4. The molecule has 2 heterocycles. The Morgan fingerprint density at radius 1 is 0.970 bits per heavy atom. The van der Waals surface area contributed by atoms with Crippen molar-refractivity contribution in [2.45, 2.75) is 45.7 Å². The number of nitrogens with one attached hydrogen (secondary N) is 3. The van der Waals surface area contributed by atoms with Crippen LogP contribution in [0.15, 0.2) is 42.5 Å². The zero-order chi connectivity index (χ0) is 24.0. The number of carbonyl (C=O) groups excluding carboxylic acids is 4. The molecular weight excluding hydrogens is 420 g/mol. The first kappa shape index (κ1) is 24.1. The van der Waals surface area contributed by atoms with Gasteiger partial charge in [0.1, 0.15) is 6.04 Å². The lowest BCUT2D eigenvalue weighted by Crippen LogP contribution is -2.54. The highest BCUT2D eigenvalue weighted by molar-refractivity contribution is 6.25. The van der Waals surface area contributed by atoms with Crippen molar-refractivity contribution < 1.29 is 19.2 Å². The quantitative estimate of drug-likeness (QED) is 0.560. The predicted molar refractivity (Wildman–Crippen MR) is 126 cm³/mol. The number of imide groups is 2. The fraction of sp³-hybridized carbons (Fsp3) is 0.360. The zero-order valence-electron chi connectivity index (χ0n) is 19.2. The van der Waals surface area contributed by atoms with Crippen molar-refractivity contribution in [2.75, 3.05) is 18.9 Å². The van der Waals surface area contributed by atoms with Crippen molar-refractivity contribution in [3.8, 4) is 0 Å². The molecule has 1 fully saturated rings. The summed E-state index contributed by atoms with van der Waals surface area (Å²) in [4.78, 5) is 50.6. The van der Waals surface area contributed by atoms with E-state index in [1.807, 2.05) is 20.9 Å². The molecule has 0 aromatic heterocycles. The molecule has 1 saturated heterocycles. The van der Waals surface area contributed by atoms with Crippen LogP contribution in [0.3, 0.4) is 0 Å². The Kier molecular flexibility index (Phi) is 7.95. The summed E-state index contributed by atoms with van der Waals surface area (Å²) >= 11 is 0. The smallest absolute Gasteiger partial charge is 0.264 e. The number of anilines is 1. The van der Waals surface area contributed by atoms with Crippen LogP contribution in [0.25, 0.3) is 0 Å². The summed E-state index contributed by atoms with van der Waals surface area (Å²) in [6.07, 6.45) is 0.993. The molecule has 0 radical (unpaired) electrons. The third kappa shape index (κ3) is 5.12. The van der Waals surface area contributed by atoms with Gasteiger partial charge in [0.05, 0.1) is 11.1 Å². The van der Waals surface area contributed by atoms with E-state index in [4.69, 9.17) is 0 Å². The number of nitrogens with zero attached hydrogens (tertiary/aromatic N) is 1. The molecule has 174 valence electrons. The topological polar surface area (TPSA) is 108 Å². The Hall–Kier alpha value is -3.52. The van der Waals surface area contributed by atoms with E-state index in [1.165, 1.54) is 5.56 Å². The highest BCUT2D eigenvalue weighted by Crippen LogP contribution is 2.32. The average molecular weight is 451 g/mol. The molecule has 0 saturated carbocycles. The Morgan fingerprint density at radius 3 is 2.33 bits per heavy atom. The highest BCUT2D eigenvalue weighted by atomic mass is 16.2. The van der Waals surface area contributed by atoms with Gasteiger partial charge in [-0.25, -0.2) is 0 Å². The van der Waals surface area contributed by atoms with Gasteiger partial charge >= 0.3 is 0 Å². The molecular formula is C25H30N4O4. The first-order valence-corrected chi connectivity index (χ1v) is 11.3. The second kappa shape index (κ2) is 10.9. The molecule has 8 nitrogen and oxygen atoms in total.